The lowest BCUT2D eigenvalue weighted by molar-refractivity contribution is -0.119. The Hall–Kier alpha value is -1.36. The Bertz CT molecular complexity index is 308. The van der Waals surface area contributed by atoms with Crippen LogP contribution in [0.3, 0.4) is 0 Å². The van der Waals surface area contributed by atoms with E-state index in [4.69, 9.17) is 5.73 Å². The smallest absolute Gasteiger partial charge is 0.252 e. The van der Waals surface area contributed by atoms with E-state index in [1.807, 2.05) is 0 Å². The molecule has 0 fully saturated rings. The van der Waals surface area contributed by atoms with Crippen molar-refractivity contribution in [1.82, 2.24) is 5.32 Å². The van der Waals surface area contributed by atoms with Gasteiger partial charge in [0.15, 0.2) is 0 Å². The number of thiophene rings is 1. The fourth-order valence-electron chi connectivity index (χ4n) is 0.745. The lowest BCUT2D eigenvalue weighted by Crippen LogP contribution is -2.42. The minimum absolute atomic E-state index is 0.271. The number of carbonyl (C=O) groups is 2. The molecule has 0 radical (unpaired) electrons. The highest BCUT2D eigenvalue weighted by atomic mass is 32.1. The number of rotatable bonds is 3. The van der Waals surface area contributed by atoms with E-state index in [1.165, 1.54) is 11.3 Å². The van der Waals surface area contributed by atoms with Crippen LogP contribution in [0.1, 0.15) is 17.3 Å². The molecular weight excluding hydrogens is 188 g/mol. The number of primary amides is 1. The van der Waals surface area contributed by atoms with Crippen LogP contribution in [-0.2, 0) is 4.79 Å². The summed E-state index contributed by atoms with van der Waals surface area (Å²) in [6.45, 7) is 1.55. The third kappa shape index (κ3) is 2.55. The third-order valence-electron chi connectivity index (χ3n) is 1.56. The summed E-state index contributed by atoms with van der Waals surface area (Å²) < 4.78 is 0. The van der Waals surface area contributed by atoms with Gasteiger partial charge in [0.1, 0.15) is 6.04 Å². The van der Waals surface area contributed by atoms with Crippen molar-refractivity contribution in [1.29, 1.82) is 0 Å². The summed E-state index contributed by atoms with van der Waals surface area (Å²) in [6, 6.07) is 1.06. The zero-order valence-electron chi connectivity index (χ0n) is 7.11. The first kappa shape index (κ1) is 9.73. The van der Waals surface area contributed by atoms with E-state index in [2.05, 4.69) is 5.32 Å². The number of nitrogens with two attached hydrogens (primary N) is 1. The van der Waals surface area contributed by atoms with Gasteiger partial charge in [-0.1, -0.05) is 0 Å². The maximum absolute atomic E-state index is 11.3. The topological polar surface area (TPSA) is 72.2 Å². The van der Waals surface area contributed by atoms with E-state index in [0.29, 0.717) is 5.56 Å². The van der Waals surface area contributed by atoms with Gasteiger partial charge in [-0.25, -0.2) is 0 Å². The van der Waals surface area contributed by atoms with Crippen LogP contribution >= 0.6 is 11.3 Å². The van der Waals surface area contributed by atoms with Crippen molar-refractivity contribution < 1.29 is 9.59 Å². The second kappa shape index (κ2) is 4.04. The van der Waals surface area contributed by atoms with Crippen molar-refractivity contribution in [3.8, 4) is 0 Å². The van der Waals surface area contributed by atoms with Crippen molar-refractivity contribution >= 4 is 23.2 Å². The molecule has 0 saturated carbocycles. The van der Waals surface area contributed by atoms with Gasteiger partial charge in [0, 0.05) is 5.38 Å². The molecule has 1 atom stereocenters. The predicted molar refractivity (Wildman–Crippen MR) is 50.4 cm³/mol. The van der Waals surface area contributed by atoms with Crippen LogP contribution in [0.25, 0.3) is 0 Å². The molecule has 13 heavy (non-hydrogen) atoms. The van der Waals surface area contributed by atoms with Crippen LogP contribution in [0.15, 0.2) is 16.8 Å². The molecule has 1 aromatic rings. The molecule has 5 heteroatoms. The van der Waals surface area contributed by atoms with Crippen LogP contribution in [0.5, 0.6) is 0 Å². The molecular formula is C8H10N2O2S. The molecule has 1 heterocycles. The maximum Gasteiger partial charge on any atom is 0.252 e. The zero-order chi connectivity index (χ0) is 9.84. The van der Waals surface area contributed by atoms with E-state index in [1.54, 1.807) is 23.8 Å². The Balaban J connectivity index is 2.56. The van der Waals surface area contributed by atoms with Gasteiger partial charge in [0.25, 0.3) is 5.91 Å². The van der Waals surface area contributed by atoms with Gasteiger partial charge in [0.05, 0.1) is 5.56 Å². The Kier molecular flexibility index (Phi) is 3.02. The average Bonchev–Trinajstić information content (AvgIpc) is 2.55. The second-order valence-corrected chi connectivity index (χ2v) is 3.39. The Labute approximate surface area is 79.7 Å². The number of carbonyl (C=O) groups excluding carboxylic acids is 2. The first-order valence-electron chi connectivity index (χ1n) is 3.73. The van der Waals surface area contributed by atoms with Gasteiger partial charge >= 0.3 is 0 Å². The van der Waals surface area contributed by atoms with Crippen molar-refractivity contribution in [2.45, 2.75) is 13.0 Å². The highest BCUT2D eigenvalue weighted by molar-refractivity contribution is 7.08. The Morgan fingerprint density at radius 3 is 2.77 bits per heavy atom. The first-order valence-corrected chi connectivity index (χ1v) is 4.68. The summed E-state index contributed by atoms with van der Waals surface area (Å²) >= 11 is 1.43. The normalized spacial score (nSPS) is 12.1. The van der Waals surface area contributed by atoms with Crippen LogP contribution in [0.2, 0.25) is 0 Å². The third-order valence-corrected chi connectivity index (χ3v) is 2.24. The van der Waals surface area contributed by atoms with E-state index in [9.17, 15) is 9.59 Å². The average molecular weight is 198 g/mol. The second-order valence-electron chi connectivity index (χ2n) is 2.61. The summed E-state index contributed by atoms with van der Waals surface area (Å²) in [5.41, 5.74) is 5.54. The lowest BCUT2D eigenvalue weighted by atomic mass is 10.2. The summed E-state index contributed by atoms with van der Waals surface area (Å²) in [4.78, 5) is 21.9. The highest BCUT2D eigenvalue weighted by Gasteiger charge is 2.13. The summed E-state index contributed by atoms with van der Waals surface area (Å²) in [5.74, 6) is -0.809. The van der Waals surface area contributed by atoms with Crippen LogP contribution < -0.4 is 11.1 Å². The molecule has 0 aromatic carbocycles. The van der Waals surface area contributed by atoms with Gasteiger partial charge in [-0.05, 0) is 18.4 Å². The molecule has 70 valence electrons. The quantitative estimate of drug-likeness (QED) is 0.735. The van der Waals surface area contributed by atoms with Crippen LogP contribution in [0, 0.1) is 0 Å². The van der Waals surface area contributed by atoms with Gasteiger partial charge in [0.2, 0.25) is 5.91 Å². The fourth-order valence-corrected chi connectivity index (χ4v) is 1.38. The van der Waals surface area contributed by atoms with Gasteiger partial charge < -0.3 is 11.1 Å². The maximum atomic E-state index is 11.3. The molecule has 4 nitrogen and oxygen atoms in total. The molecule has 0 aliphatic rings. The molecule has 0 bridgehead atoms. The van der Waals surface area contributed by atoms with Crippen molar-refractivity contribution in [3.05, 3.63) is 22.4 Å². The van der Waals surface area contributed by atoms with Crippen molar-refractivity contribution in [2.75, 3.05) is 0 Å². The predicted octanol–water partition coefficient (Wildman–Crippen LogP) is 0.352. The van der Waals surface area contributed by atoms with E-state index in [-0.39, 0.29) is 5.91 Å². The number of amides is 2. The molecule has 0 aliphatic heterocycles. The Morgan fingerprint density at radius 2 is 2.31 bits per heavy atom. The minimum atomic E-state index is -0.632. The molecule has 2 amide bonds. The summed E-state index contributed by atoms with van der Waals surface area (Å²) in [5, 5.41) is 5.98. The Morgan fingerprint density at radius 1 is 1.62 bits per heavy atom. The minimum Gasteiger partial charge on any atom is -0.368 e. The molecule has 3 N–H and O–H groups in total. The molecule has 1 rings (SSSR count). The van der Waals surface area contributed by atoms with E-state index in [0.717, 1.165) is 0 Å². The lowest BCUT2D eigenvalue weighted by Gasteiger charge is -2.08. The SMILES string of the molecule is CC(NC(=O)c1ccsc1)C(N)=O. The van der Waals surface area contributed by atoms with Gasteiger partial charge in [-0.15, -0.1) is 0 Å². The van der Waals surface area contributed by atoms with Crippen LogP contribution in [0.4, 0.5) is 0 Å². The molecule has 0 spiro atoms. The van der Waals surface area contributed by atoms with Gasteiger partial charge in [-0.2, -0.15) is 11.3 Å². The highest BCUT2D eigenvalue weighted by Crippen LogP contribution is 2.05. The molecule has 0 aliphatic carbocycles. The zero-order valence-corrected chi connectivity index (χ0v) is 7.93. The molecule has 1 aromatic heterocycles. The first-order chi connectivity index (χ1) is 6.11. The fraction of sp³-hybridized carbons (Fsp3) is 0.250. The summed E-state index contributed by atoms with van der Waals surface area (Å²) in [6.07, 6.45) is 0. The van der Waals surface area contributed by atoms with Crippen LogP contribution in [-0.4, -0.2) is 17.9 Å². The summed E-state index contributed by atoms with van der Waals surface area (Å²) in [7, 11) is 0. The number of hydrogen-bond donors (Lipinski definition) is 2. The molecule has 0 saturated heterocycles. The standard InChI is InChI=1S/C8H10N2O2S/c1-5(7(9)11)10-8(12)6-2-3-13-4-6/h2-5H,1H3,(H2,9,11)(H,10,12). The molecule has 1 unspecified atom stereocenters. The van der Waals surface area contributed by atoms with Crippen molar-refractivity contribution in [3.63, 3.8) is 0 Å². The van der Waals surface area contributed by atoms with E-state index < -0.39 is 11.9 Å². The van der Waals surface area contributed by atoms with Crippen molar-refractivity contribution in [2.24, 2.45) is 5.73 Å². The monoisotopic (exact) mass is 198 g/mol. The number of nitrogens with one attached hydrogen (secondary N) is 1. The van der Waals surface area contributed by atoms with E-state index >= 15 is 0 Å². The largest absolute Gasteiger partial charge is 0.368 e. The van der Waals surface area contributed by atoms with Gasteiger partial charge in [-0.3, -0.25) is 9.59 Å². The number of hydrogen-bond acceptors (Lipinski definition) is 3.